The van der Waals surface area contributed by atoms with Crippen molar-refractivity contribution in [1.29, 1.82) is 0 Å². The number of hydrogen-bond donors (Lipinski definition) is 0. The molecule has 7 nitrogen and oxygen atoms in total. The van der Waals surface area contributed by atoms with Crippen LogP contribution in [0.25, 0.3) is 0 Å². The van der Waals surface area contributed by atoms with Crippen LogP contribution in [0.15, 0.2) is 66.7 Å². The molecule has 2 aromatic rings. The lowest BCUT2D eigenvalue weighted by molar-refractivity contribution is -0.139. The Labute approximate surface area is 191 Å². The van der Waals surface area contributed by atoms with Crippen LogP contribution in [-0.2, 0) is 19.2 Å². The van der Waals surface area contributed by atoms with Crippen LogP contribution in [0.2, 0.25) is 0 Å². The molecule has 5 rings (SSSR count). The number of amides is 3. The average molecular weight is 444 g/mol. The molecule has 2 aromatic carbocycles. The molecular weight excluding hydrogens is 420 g/mol. The minimum atomic E-state index is -0.559. The van der Waals surface area contributed by atoms with Gasteiger partial charge in [0.1, 0.15) is 5.75 Å². The molecule has 3 aliphatic rings. The van der Waals surface area contributed by atoms with Crippen LogP contribution < -0.4 is 14.5 Å². The van der Waals surface area contributed by atoms with Crippen molar-refractivity contribution >= 4 is 35.1 Å². The Morgan fingerprint density at radius 1 is 0.939 bits per heavy atom. The predicted molar refractivity (Wildman–Crippen MR) is 121 cm³/mol. The summed E-state index contributed by atoms with van der Waals surface area (Å²) in [4.78, 5) is 53.7. The van der Waals surface area contributed by atoms with Gasteiger partial charge in [-0.15, -0.1) is 0 Å². The lowest BCUT2D eigenvalue weighted by Gasteiger charge is -2.22. The van der Waals surface area contributed by atoms with Gasteiger partial charge in [0.2, 0.25) is 17.7 Å². The fraction of sp³-hybridized carbons (Fsp3) is 0.308. The van der Waals surface area contributed by atoms with Gasteiger partial charge in [0.15, 0.2) is 0 Å². The summed E-state index contributed by atoms with van der Waals surface area (Å²) in [6, 6.07) is 15.6. The van der Waals surface area contributed by atoms with Gasteiger partial charge in [-0.3, -0.25) is 24.1 Å². The number of benzene rings is 2. The summed E-state index contributed by atoms with van der Waals surface area (Å²) in [6.45, 7) is 2.22. The summed E-state index contributed by atoms with van der Waals surface area (Å²) >= 11 is 0. The second kappa shape index (κ2) is 8.31. The predicted octanol–water partition coefficient (Wildman–Crippen LogP) is 3.35. The SMILES string of the molecule is C[C@@H]1C=CC[C@@H]2C(=O)N(c3ccc(OC(=O)[C@@H]4CC(=O)N(c5ccccc5)C4)cc3)C(=O)[C@@H]12. The lowest BCUT2D eigenvalue weighted by Crippen LogP contribution is -2.31. The second-order valence-corrected chi connectivity index (χ2v) is 8.82. The van der Waals surface area contributed by atoms with Gasteiger partial charge in [0.25, 0.3) is 0 Å². The average Bonchev–Trinajstić information content (AvgIpc) is 3.33. The van der Waals surface area contributed by atoms with Crippen molar-refractivity contribution in [2.45, 2.75) is 19.8 Å². The standard InChI is InChI=1S/C26H24N2O5/c1-16-6-5-9-21-23(16)25(31)28(24(21)30)19-10-12-20(13-11-19)33-26(32)17-14-22(29)27(15-17)18-7-3-2-4-8-18/h2-8,10-13,16-17,21,23H,9,14-15H2,1H3/t16-,17-,21+,23+/m1/s1. The van der Waals surface area contributed by atoms with Crippen molar-refractivity contribution in [3.05, 3.63) is 66.7 Å². The molecule has 0 unspecified atom stereocenters. The monoisotopic (exact) mass is 444 g/mol. The van der Waals surface area contributed by atoms with Gasteiger partial charge in [-0.2, -0.15) is 0 Å². The van der Waals surface area contributed by atoms with E-state index in [4.69, 9.17) is 4.74 Å². The van der Waals surface area contributed by atoms with Gasteiger partial charge in [0, 0.05) is 18.7 Å². The van der Waals surface area contributed by atoms with E-state index in [1.165, 1.54) is 4.90 Å². The summed E-state index contributed by atoms with van der Waals surface area (Å²) in [7, 11) is 0. The molecule has 2 saturated heterocycles. The van der Waals surface area contributed by atoms with Crippen LogP contribution in [0.1, 0.15) is 19.8 Å². The topological polar surface area (TPSA) is 84.0 Å². The minimum Gasteiger partial charge on any atom is -0.426 e. The van der Waals surface area contributed by atoms with E-state index < -0.39 is 11.9 Å². The fourth-order valence-electron chi connectivity index (χ4n) is 4.99. The lowest BCUT2D eigenvalue weighted by atomic mass is 9.78. The second-order valence-electron chi connectivity index (χ2n) is 8.82. The van der Waals surface area contributed by atoms with Crippen LogP contribution >= 0.6 is 0 Å². The molecule has 168 valence electrons. The molecule has 2 aliphatic heterocycles. The smallest absolute Gasteiger partial charge is 0.316 e. The molecule has 0 saturated carbocycles. The molecular formula is C26H24N2O5. The Bertz CT molecular complexity index is 1140. The maximum absolute atomic E-state index is 12.9. The molecule has 1 aliphatic carbocycles. The Balaban J connectivity index is 1.25. The first kappa shape index (κ1) is 21.1. The molecule has 0 bridgehead atoms. The number of fused-ring (bicyclic) bond motifs is 1. The molecule has 0 spiro atoms. The normalized spacial score (nSPS) is 26.6. The molecule has 0 N–H and O–H groups in total. The molecule has 0 radical (unpaired) electrons. The van der Waals surface area contributed by atoms with Crippen LogP contribution in [-0.4, -0.2) is 30.2 Å². The van der Waals surface area contributed by atoms with E-state index in [9.17, 15) is 19.2 Å². The highest BCUT2D eigenvalue weighted by Gasteiger charge is 2.50. The minimum absolute atomic E-state index is 0.0231. The maximum Gasteiger partial charge on any atom is 0.316 e. The van der Waals surface area contributed by atoms with Gasteiger partial charge < -0.3 is 9.64 Å². The fourth-order valence-corrected chi connectivity index (χ4v) is 4.99. The number of anilines is 2. The summed E-state index contributed by atoms with van der Waals surface area (Å²) in [6.07, 6.45) is 4.63. The number of nitrogens with zero attached hydrogens (tertiary/aromatic N) is 2. The van der Waals surface area contributed by atoms with Crippen molar-refractivity contribution < 1.29 is 23.9 Å². The quantitative estimate of drug-likeness (QED) is 0.313. The molecule has 0 aromatic heterocycles. The zero-order valence-electron chi connectivity index (χ0n) is 18.2. The number of allylic oxidation sites excluding steroid dienone is 2. The number of carbonyl (C=O) groups excluding carboxylic acids is 4. The third-order valence-corrected chi connectivity index (χ3v) is 6.71. The highest BCUT2D eigenvalue weighted by molar-refractivity contribution is 6.22. The van der Waals surface area contributed by atoms with E-state index in [1.54, 1.807) is 29.2 Å². The molecule has 33 heavy (non-hydrogen) atoms. The zero-order valence-corrected chi connectivity index (χ0v) is 18.2. The highest BCUT2D eigenvalue weighted by Crippen LogP contribution is 2.40. The largest absolute Gasteiger partial charge is 0.426 e. The number of rotatable bonds is 4. The number of imide groups is 1. The molecule has 4 atom stereocenters. The first-order valence-electron chi connectivity index (χ1n) is 11.2. The van der Waals surface area contributed by atoms with E-state index in [0.717, 1.165) is 5.69 Å². The zero-order chi connectivity index (χ0) is 23.1. The summed E-state index contributed by atoms with van der Waals surface area (Å²) in [5.41, 5.74) is 1.23. The first-order chi connectivity index (χ1) is 15.9. The number of ether oxygens (including phenoxy) is 1. The van der Waals surface area contributed by atoms with Crippen LogP contribution in [0.5, 0.6) is 5.75 Å². The summed E-state index contributed by atoms with van der Waals surface area (Å²) < 4.78 is 5.50. The van der Waals surface area contributed by atoms with Gasteiger partial charge >= 0.3 is 5.97 Å². The number of carbonyl (C=O) groups is 4. The third-order valence-electron chi connectivity index (χ3n) is 6.71. The number of hydrogen-bond acceptors (Lipinski definition) is 5. The van der Waals surface area contributed by atoms with Crippen molar-refractivity contribution in [1.82, 2.24) is 0 Å². The van der Waals surface area contributed by atoms with Crippen LogP contribution in [0, 0.1) is 23.7 Å². The van der Waals surface area contributed by atoms with Crippen molar-refractivity contribution in [3.8, 4) is 5.75 Å². The first-order valence-corrected chi connectivity index (χ1v) is 11.2. The van der Waals surface area contributed by atoms with Gasteiger partial charge in [-0.05, 0) is 48.7 Å². The van der Waals surface area contributed by atoms with E-state index in [1.807, 2.05) is 49.4 Å². The number of para-hydroxylation sites is 1. The van der Waals surface area contributed by atoms with E-state index in [2.05, 4.69) is 0 Å². The Morgan fingerprint density at radius 2 is 1.67 bits per heavy atom. The van der Waals surface area contributed by atoms with Crippen molar-refractivity contribution in [3.63, 3.8) is 0 Å². The van der Waals surface area contributed by atoms with E-state index >= 15 is 0 Å². The Morgan fingerprint density at radius 3 is 2.36 bits per heavy atom. The molecule has 2 heterocycles. The Kier molecular flexibility index (Phi) is 5.32. The van der Waals surface area contributed by atoms with Gasteiger partial charge in [-0.25, -0.2) is 0 Å². The van der Waals surface area contributed by atoms with Crippen LogP contribution in [0.4, 0.5) is 11.4 Å². The van der Waals surface area contributed by atoms with Crippen molar-refractivity contribution in [2.24, 2.45) is 23.7 Å². The highest BCUT2D eigenvalue weighted by atomic mass is 16.5. The molecule has 7 heteroatoms. The third kappa shape index (κ3) is 3.73. The van der Waals surface area contributed by atoms with Gasteiger partial charge in [-0.1, -0.05) is 37.3 Å². The molecule has 3 amide bonds. The van der Waals surface area contributed by atoms with E-state index in [0.29, 0.717) is 17.9 Å². The molecule has 2 fully saturated rings. The summed E-state index contributed by atoms with van der Waals surface area (Å²) in [5.74, 6) is -1.83. The van der Waals surface area contributed by atoms with Gasteiger partial charge in [0.05, 0.1) is 23.4 Å². The number of esters is 1. The van der Waals surface area contributed by atoms with Crippen LogP contribution in [0.3, 0.4) is 0 Å². The Hall–Kier alpha value is -3.74. The van der Waals surface area contributed by atoms with E-state index in [-0.39, 0.29) is 48.4 Å². The maximum atomic E-state index is 12.9. The summed E-state index contributed by atoms with van der Waals surface area (Å²) in [5, 5.41) is 0. The van der Waals surface area contributed by atoms with Crippen molar-refractivity contribution in [2.75, 3.05) is 16.3 Å².